The number of aryl methyl sites for hydroxylation is 1. The molecule has 0 radical (unpaired) electrons. The Kier molecular flexibility index (Phi) is 4.51. The first-order valence-electron chi connectivity index (χ1n) is 8.29. The molecule has 2 fully saturated rings. The topological polar surface area (TPSA) is 24.5 Å². The van der Waals surface area contributed by atoms with Crippen LogP contribution in [0.4, 0.5) is 0 Å². The molecule has 1 saturated heterocycles. The molecular formula is C18H28N2O. The number of hydrogen-bond acceptors (Lipinski definition) is 3. The summed E-state index contributed by atoms with van der Waals surface area (Å²) in [7, 11) is 3.83. The highest BCUT2D eigenvalue weighted by atomic mass is 16.5. The lowest BCUT2D eigenvalue weighted by atomic mass is 9.84. The number of benzene rings is 1. The van der Waals surface area contributed by atoms with Gasteiger partial charge in [0.05, 0.1) is 7.11 Å². The molecule has 0 spiro atoms. The van der Waals surface area contributed by atoms with Crippen LogP contribution in [0.15, 0.2) is 18.2 Å². The van der Waals surface area contributed by atoms with Gasteiger partial charge < -0.3 is 10.1 Å². The van der Waals surface area contributed by atoms with E-state index in [1.54, 1.807) is 7.11 Å². The van der Waals surface area contributed by atoms with E-state index in [9.17, 15) is 0 Å². The molecule has 1 aromatic carbocycles. The second-order valence-corrected chi connectivity index (χ2v) is 6.60. The standard InChI is InChI=1S/C18H28N2O/c1-13-11-14(6-9-17(13)21-3)18-15(12-19-2)5-4-10-20(18)16-7-8-16/h6,9,11,15-16,18-19H,4-5,7-8,10,12H2,1-3H3. The van der Waals surface area contributed by atoms with Crippen LogP contribution in [0.5, 0.6) is 5.75 Å². The van der Waals surface area contributed by atoms with Crippen LogP contribution in [0.25, 0.3) is 0 Å². The number of nitrogens with zero attached hydrogens (tertiary/aromatic N) is 1. The minimum atomic E-state index is 0.573. The number of ether oxygens (including phenoxy) is 1. The highest BCUT2D eigenvalue weighted by Crippen LogP contribution is 2.43. The summed E-state index contributed by atoms with van der Waals surface area (Å²) < 4.78 is 5.42. The Morgan fingerprint density at radius 3 is 2.71 bits per heavy atom. The van der Waals surface area contributed by atoms with Gasteiger partial charge in [-0.15, -0.1) is 0 Å². The predicted molar refractivity (Wildman–Crippen MR) is 86.9 cm³/mol. The number of rotatable bonds is 5. The maximum Gasteiger partial charge on any atom is 0.121 e. The maximum absolute atomic E-state index is 5.42. The minimum absolute atomic E-state index is 0.573. The van der Waals surface area contributed by atoms with E-state index in [4.69, 9.17) is 4.74 Å². The highest BCUT2D eigenvalue weighted by molar-refractivity contribution is 5.38. The van der Waals surface area contributed by atoms with Gasteiger partial charge in [-0.3, -0.25) is 4.90 Å². The van der Waals surface area contributed by atoms with Gasteiger partial charge in [0, 0.05) is 12.1 Å². The predicted octanol–water partition coefficient (Wildman–Crippen LogP) is 3.14. The fourth-order valence-corrected chi connectivity index (χ4v) is 3.94. The molecule has 0 aromatic heterocycles. The lowest BCUT2D eigenvalue weighted by Gasteiger charge is -2.42. The Bertz CT molecular complexity index is 482. The average molecular weight is 288 g/mol. The van der Waals surface area contributed by atoms with Gasteiger partial charge in [0.15, 0.2) is 0 Å². The summed E-state index contributed by atoms with van der Waals surface area (Å²) in [4.78, 5) is 2.77. The van der Waals surface area contributed by atoms with Crippen molar-refractivity contribution in [1.29, 1.82) is 0 Å². The van der Waals surface area contributed by atoms with Gasteiger partial charge in [-0.2, -0.15) is 0 Å². The van der Waals surface area contributed by atoms with Crippen LogP contribution in [0.2, 0.25) is 0 Å². The number of piperidine rings is 1. The van der Waals surface area contributed by atoms with Gasteiger partial charge in [-0.1, -0.05) is 12.1 Å². The molecule has 2 atom stereocenters. The van der Waals surface area contributed by atoms with Crippen molar-refractivity contribution in [2.24, 2.45) is 5.92 Å². The normalized spacial score (nSPS) is 26.8. The van der Waals surface area contributed by atoms with E-state index >= 15 is 0 Å². The molecule has 2 unspecified atom stereocenters. The minimum Gasteiger partial charge on any atom is -0.496 e. The summed E-state index contributed by atoms with van der Waals surface area (Å²) in [5.74, 6) is 1.72. The first-order chi connectivity index (χ1) is 10.2. The van der Waals surface area contributed by atoms with Crippen molar-refractivity contribution >= 4 is 0 Å². The number of hydrogen-bond donors (Lipinski definition) is 1. The van der Waals surface area contributed by atoms with Crippen LogP contribution in [-0.4, -0.2) is 38.2 Å². The Balaban J connectivity index is 1.90. The van der Waals surface area contributed by atoms with Gasteiger partial charge in [0.1, 0.15) is 5.75 Å². The van der Waals surface area contributed by atoms with Crippen molar-refractivity contribution in [3.05, 3.63) is 29.3 Å². The molecule has 1 saturated carbocycles. The summed E-state index contributed by atoms with van der Waals surface area (Å²) in [6.07, 6.45) is 5.45. The lowest BCUT2D eigenvalue weighted by molar-refractivity contribution is 0.0844. The van der Waals surface area contributed by atoms with Gasteiger partial charge in [0.2, 0.25) is 0 Å². The summed E-state index contributed by atoms with van der Waals surface area (Å²) in [5.41, 5.74) is 2.72. The molecule has 3 nitrogen and oxygen atoms in total. The summed E-state index contributed by atoms with van der Waals surface area (Å²) in [5, 5.41) is 3.40. The second-order valence-electron chi connectivity index (χ2n) is 6.60. The van der Waals surface area contributed by atoms with E-state index in [2.05, 4.69) is 42.4 Å². The molecule has 0 amide bonds. The molecule has 2 aliphatic rings. The fraction of sp³-hybridized carbons (Fsp3) is 0.667. The van der Waals surface area contributed by atoms with Crippen LogP contribution >= 0.6 is 0 Å². The third kappa shape index (κ3) is 3.09. The molecule has 0 bridgehead atoms. The second kappa shape index (κ2) is 6.37. The van der Waals surface area contributed by atoms with Crippen molar-refractivity contribution < 1.29 is 4.74 Å². The molecule has 116 valence electrons. The molecule has 1 aromatic rings. The van der Waals surface area contributed by atoms with E-state index in [-0.39, 0.29) is 0 Å². The van der Waals surface area contributed by atoms with E-state index in [1.807, 2.05) is 0 Å². The van der Waals surface area contributed by atoms with E-state index in [0.29, 0.717) is 6.04 Å². The van der Waals surface area contributed by atoms with Crippen LogP contribution in [-0.2, 0) is 0 Å². The zero-order chi connectivity index (χ0) is 14.8. The van der Waals surface area contributed by atoms with Gasteiger partial charge >= 0.3 is 0 Å². The van der Waals surface area contributed by atoms with Gasteiger partial charge in [-0.05, 0) is 75.9 Å². The van der Waals surface area contributed by atoms with Crippen molar-refractivity contribution in [2.75, 3.05) is 27.2 Å². The van der Waals surface area contributed by atoms with Crippen molar-refractivity contribution in [3.63, 3.8) is 0 Å². The first-order valence-corrected chi connectivity index (χ1v) is 8.29. The van der Waals surface area contributed by atoms with Crippen molar-refractivity contribution in [1.82, 2.24) is 10.2 Å². The van der Waals surface area contributed by atoms with Gasteiger partial charge in [-0.25, -0.2) is 0 Å². The maximum atomic E-state index is 5.42. The zero-order valence-corrected chi connectivity index (χ0v) is 13.6. The Morgan fingerprint density at radius 2 is 2.10 bits per heavy atom. The number of methoxy groups -OCH3 is 1. The monoisotopic (exact) mass is 288 g/mol. The van der Waals surface area contributed by atoms with Crippen molar-refractivity contribution in [3.8, 4) is 5.75 Å². The van der Waals surface area contributed by atoms with Gasteiger partial charge in [0.25, 0.3) is 0 Å². The smallest absolute Gasteiger partial charge is 0.121 e. The summed E-state index contributed by atoms with van der Waals surface area (Å²) >= 11 is 0. The van der Waals surface area contributed by atoms with Crippen LogP contribution in [0, 0.1) is 12.8 Å². The largest absolute Gasteiger partial charge is 0.496 e. The van der Waals surface area contributed by atoms with Crippen LogP contribution in [0.1, 0.15) is 42.9 Å². The highest BCUT2D eigenvalue weighted by Gasteiger charge is 2.40. The third-order valence-corrected chi connectivity index (χ3v) is 5.04. The molecule has 3 heteroatoms. The Morgan fingerprint density at radius 1 is 1.29 bits per heavy atom. The quantitative estimate of drug-likeness (QED) is 0.901. The molecule has 21 heavy (non-hydrogen) atoms. The fourth-order valence-electron chi connectivity index (χ4n) is 3.94. The molecule has 1 aliphatic carbocycles. The molecular weight excluding hydrogens is 260 g/mol. The molecule has 3 rings (SSSR count). The van der Waals surface area contributed by atoms with Crippen LogP contribution in [0.3, 0.4) is 0 Å². The molecule has 1 N–H and O–H groups in total. The SMILES string of the molecule is CNCC1CCCN(C2CC2)C1c1ccc(OC)c(C)c1. The zero-order valence-electron chi connectivity index (χ0n) is 13.6. The number of nitrogens with one attached hydrogen (secondary N) is 1. The summed E-state index contributed by atoms with van der Waals surface area (Å²) in [6.45, 7) is 4.53. The number of likely N-dealkylation sites (tertiary alicyclic amines) is 1. The average Bonchev–Trinajstić information content (AvgIpc) is 3.32. The third-order valence-electron chi connectivity index (χ3n) is 5.04. The lowest BCUT2D eigenvalue weighted by Crippen LogP contribution is -2.43. The summed E-state index contributed by atoms with van der Waals surface area (Å²) in [6, 6.07) is 8.16. The van der Waals surface area contributed by atoms with E-state index in [0.717, 1.165) is 24.3 Å². The van der Waals surface area contributed by atoms with Crippen molar-refractivity contribution in [2.45, 2.75) is 44.7 Å². The van der Waals surface area contributed by atoms with E-state index in [1.165, 1.54) is 43.4 Å². The Labute approximate surface area is 128 Å². The molecule has 1 heterocycles. The molecule has 1 aliphatic heterocycles. The Hall–Kier alpha value is -1.06. The van der Waals surface area contributed by atoms with Crippen LogP contribution < -0.4 is 10.1 Å². The van der Waals surface area contributed by atoms with E-state index < -0.39 is 0 Å². The first kappa shape index (κ1) is 14.9.